The topological polar surface area (TPSA) is 108 Å². The molecule has 6 N–H and O–H groups in total. The van der Waals surface area contributed by atoms with E-state index in [0.717, 1.165) is 19.3 Å². The molecule has 6 nitrogen and oxygen atoms in total. The van der Waals surface area contributed by atoms with Crippen molar-refractivity contribution >= 4 is 5.91 Å². The maximum atomic E-state index is 12.0. The van der Waals surface area contributed by atoms with Crippen LogP contribution in [0.5, 0.6) is 0 Å². The fraction of sp³-hybridized carbons (Fsp3) is 0.650. The SMILES string of the molecule is CC(N)/C=C\CC(=O)NC(C/C=C/C(O)NC1C=CCCC1)CCCO. The van der Waals surface area contributed by atoms with E-state index in [4.69, 9.17) is 10.8 Å². The number of aliphatic hydroxyl groups is 2. The molecule has 0 heterocycles. The minimum Gasteiger partial charge on any atom is -0.396 e. The second-order valence-corrected chi connectivity index (χ2v) is 6.86. The van der Waals surface area contributed by atoms with Crippen molar-refractivity contribution in [2.75, 3.05) is 6.61 Å². The number of nitrogens with two attached hydrogens (primary N) is 1. The molecule has 0 spiro atoms. The standard InChI is InChI=1S/C20H35N3O3/c1-16(21)8-5-13-19(25)23-18(12-7-15-24)11-6-14-20(26)22-17-9-3-2-4-10-17/h3,5-6,8-9,14,16-18,20,22,24,26H,2,4,7,10-13,15,21H2,1H3,(H,23,25)/b8-5-,14-6+. The number of aliphatic hydroxyl groups excluding tert-OH is 2. The van der Waals surface area contributed by atoms with Crippen molar-refractivity contribution in [1.29, 1.82) is 0 Å². The lowest BCUT2D eigenvalue weighted by molar-refractivity contribution is -0.121. The molecule has 1 aliphatic carbocycles. The van der Waals surface area contributed by atoms with E-state index in [-0.39, 0.29) is 30.6 Å². The summed E-state index contributed by atoms with van der Waals surface area (Å²) in [7, 11) is 0. The fourth-order valence-electron chi connectivity index (χ4n) is 2.86. The molecule has 6 heteroatoms. The largest absolute Gasteiger partial charge is 0.396 e. The van der Waals surface area contributed by atoms with Crippen LogP contribution >= 0.6 is 0 Å². The summed E-state index contributed by atoms with van der Waals surface area (Å²) in [6, 6.07) is 0.0882. The summed E-state index contributed by atoms with van der Waals surface area (Å²) in [6.07, 6.45) is 16.2. The molecule has 148 valence electrons. The molecular formula is C20H35N3O3. The molecule has 0 fully saturated rings. The van der Waals surface area contributed by atoms with Crippen LogP contribution in [0, 0.1) is 0 Å². The van der Waals surface area contributed by atoms with Gasteiger partial charge in [0.15, 0.2) is 0 Å². The first-order valence-corrected chi connectivity index (χ1v) is 9.61. The van der Waals surface area contributed by atoms with Crippen molar-refractivity contribution in [3.8, 4) is 0 Å². The Morgan fingerprint density at radius 1 is 1.38 bits per heavy atom. The summed E-state index contributed by atoms with van der Waals surface area (Å²) in [5.74, 6) is -0.0655. The Morgan fingerprint density at radius 2 is 2.19 bits per heavy atom. The van der Waals surface area contributed by atoms with Crippen LogP contribution in [0.4, 0.5) is 0 Å². The van der Waals surface area contributed by atoms with Crippen molar-refractivity contribution < 1.29 is 15.0 Å². The molecule has 0 aromatic heterocycles. The van der Waals surface area contributed by atoms with Gasteiger partial charge in [-0.15, -0.1) is 0 Å². The van der Waals surface area contributed by atoms with Gasteiger partial charge in [-0.3, -0.25) is 10.1 Å². The second-order valence-electron chi connectivity index (χ2n) is 6.86. The predicted octanol–water partition coefficient (Wildman–Crippen LogP) is 1.50. The zero-order valence-corrected chi connectivity index (χ0v) is 15.8. The summed E-state index contributed by atoms with van der Waals surface area (Å²) in [6.45, 7) is 1.95. The monoisotopic (exact) mass is 365 g/mol. The van der Waals surface area contributed by atoms with Crippen LogP contribution in [-0.2, 0) is 4.79 Å². The number of hydrogen-bond acceptors (Lipinski definition) is 5. The first-order valence-electron chi connectivity index (χ1n) is 9.61. The molecule has 0 aliphatic heterocycles. The van der Waals surface area contributed by atoms with Crippen LogP contribution in [0.25, 0.3) is 0 Å². The second kappa shape index (κ2) is 13.7. The molecule has 0 bridgehead atoms. The van der Waals surface area contributed by atoms with Gasteiger partial charge in [0, 0.05) is 31.2 Å². The van der Waals surface area contributed by atoms with Crippen molar-refractivity contribution in [3.63, 3.8) is 0 Å². The van der Waals surface area contributed by atoms with Gasteiger partial charge in [0.25, 0.3) is 0 Å². The van der Waals surface area contributed by atoms with Crippen molar-refractivity contribution in [2.24, 2.45) is 5.73 Å². The Hall–Kier alpha value is -1.47. The van der Waals surface area contributed by atoms with E-state index >= 15 is 0 Å². The summed E-state index contributed by atoms with van der Waals surface area (Å²) in [4.78, 5) is 12.0. The molecule has 0 saturated carbocycles. The van der Waals surface area contributed by atoms with Gasteiger partial charge < -0.3 is 21.3 Å². The van der Waals surface area contributed by atoms with E-state index in [0.29, 0.717) is 25.7 Å². The van der Waals surface area contributed by atoms with Gasteiger partial charge in [-0.25, -0.2) is 0 Å². The number of hydrogen-bond donors (Lipinski definition) is 5. The van der Waals surface area contributed by atoms with Gasteiger partial charge in [-0.1, -0.05) is 30.4 Å². The highest BCUT2D eigenvalue weighted by molar-refractivity contribution is 5.77. The molecule has 4 unspecified atom stereocenters. The minimum atomic E-state index is -0.703. The van der Waals surface area contributed by atoms with Gasteiger partial charge in [0.1, 0.15) is 6.23 Å². The Morgan fingerprint density at radius 3 is 2.85 bits per heavy atom. The molecule has 26 heavy (non-hydrogen) atoms. The van der Waals surface area contributed by atoms with Crippen LogP contribution in [-0.4, -0.2) is 47.1 Å². The lowest BCUT2D eigenvalue weighted by Gasteiger charge is -2.20. The number of carbonyl (C=O) groups excluding carboxylic acids is 1. The van der Waals surface area contributed by atoms with E-state index in [9.17, 15) is 9.90 Å². The molecule has 0 aromatic rings. The van der Waals surface area contributed by atoms with Gasteiger partial charge in [-0.2, -0.15) is 0 Å². The number of carbonyl (C=O) groups is 1. The highest BCUT2D eigenvalue weighted by Crippen LogP contribution is 2.11. The quantitative estimate of drug-likeness (QED) is 0.266. The van der Waals surface area contributed by atoms with Crippen molar-refractivity contribution in [2.45, 2.75) is 76.2 Å². The molecule has 1 amide bonds. The predicted molar refractivity (Wildman–Crippen MR) is 105 cm³/mol. The van der Waals surface area contributed by atoms with Crippen molar-refractivity contribution in [1.82, 2.24) is 10.6 Å². The van der Waals surface area contributed by atoms with Crippen molar-refractivity contribution in [3.05, 3.63) is 36.5 Å². The average Bonchev–Trinajstić information content (AvgIpc) is 2.60. The molecule has 1 rings (SSSR count). The number of nitrogens with one attached hydrogen (secondary N) is 2. The van der Waals surface area contributed by atoms with E-state index in [1.165, 1.54) is 0 Å². The third-order valence-electron chi connectivity index (χ3n) is 4.20. The number of rotatable bonds is 12. The van der Waals surface area contributed by atoms with Crippen LogP contribution in [0.15, 0.2) is 36.5 Å². The van der Waals surface area contributed by atoms with Gasteiger partial charge in [0.05, 0.1) is 0 Å². The summed E-state index contributed by atoms with van der Waals surface area (Å²) in [5, 5.41) is 25.2. The average molecular weight is 366 g/mol. The van der Waals surface area contributed by atoms with Crippen LogP contribution in [0.2, 0.25) is 0 Å². The first kappa shape index (κ1) is 22.6. The third-order valence-corrected chi connectivity index (χ3v) is 4.20. The Balaban J connectivity index is 2.40. The summed E-state index contributed by atoms with van der Waals surface area (Å²) < 4.78 is 0. The van der Waals surface area contributed by atoms with Crippen LogP contribution in [0.1, 0.15) is 51.9 Å². The lowest BCUT2D eigenvalue weighted by atomic mass is 10.0. The normalized spacial score (nSPS) is 21.2. The van der Waals surface area contributed by atoms with E-state index in [1.807, 2.05) is 13.0 Å². The molecule has 0 radical (unpaired) electrons. The Labute approximate surface area is 157 Å². The highest BCUT2D eigenvalue weighted by atomic mass is 16.3. The molecule has 1 aliphatic rings. The number of allylic oxidation sites excluding steroid dienone is 1. The Bertz CT molecular complexity index is 475. The summed E-state index contributed by atoms with van der Waals surface area (Å²) in [5.41, 5.74) is 5.62. The van der Waals surface area contributed by atoms with E-state index in [1.54, 1.807) is 18.2 Å². The zero-order valence-electron chi connectivity index (χ0n) is 15.8. The van der Waals surface area contributed by atoms with Gasteiger partial charge >= 0.3 is 0 Å². The molecule has 0 aromatic carbocycles. The Kier molecular flexibility index (Phi) is 11.9. The molecule has 4 atom stereocenters. The first-order chi connectivity index (χ1) is 12.5. The van der Waals surface area contributed by atoms with E-state index in [2.05, 4.69) is 22.8 Å². The maximum Gasteiger partial charge on any atom is 0.224 e. The number of amides is 1. The molecular weight excluding hydrogens is 330 g/mol. The molecule has 0 saturated heterocycles. The van der Waals surface area contributed by atoms with E-state index < -0.39 is 6.23 Å². The maximum absolute atomic E-state index is 12.0. The minimum absolute atomic E-state index is 0.0589. The smallest absolute Gasteiger partial charge is 0.224 e. The van der Waals surface area contributed by atoms with Gasteiger partial charge in [-0.05, 0) is 51.5 Å². The third kappa shape index (κ3) is 11.2. The lowest BCUT2D eigenvalue weighted by Crippen LogP contribution is -2.37. The fourth-order valence-corrected chi connectivity index (χ4v) is 2.86. The highest BCUT2D eigenvalue weighted by Gasteiger charge is 2.12. The van der Waals surface area contributed by atoms with Crippen LogP contribution < -0.4 is 16.4 Å². The van der Waals surface area contributed by atoms with Gasteiger partial charge in [0.2, 0.25) is 5.91 Å². The summed E-state index contributed by atoms with van der Waals surface area (Å²) >= 11 is 0. The zero-order chi connectivity index (χ0) is 19.2. The van der Waals surface area contributed by atoms with Crippen LogP contribution in [0.3, 0.4) is 0 Å².